The third-order valence-electron chi connectivity index (χ3n) is 3.58. The fourth-order valence-electron chi connectivity index (χ4n) is 2.20. The van der Waals surface area contributed by atoms with Crippen LogP contribution in [-0.2, 0) is 6.54 Å². The van der Waals surface area contributed by atoms with Crippen LogP contribution >= 0.6 is 0 Å². The summed E-state index contributed by atoms with van der Waals surface area (Å²) in [4.78, 5) is 0. The van der Waals surface area contributed by atoms with Crippen LogP contribution in [0.5, 0.6) is 5.75 Å². The molecule has 1 aromatic carbocycles. The maximum atomic E-state index is 9.78. The molecule has 5 heteroatoms. The molecule has 2 N–H and O–H groups in total. The van der Waals surface area contributed by atoms with E-state index in [9.17, 15) is 10.4 Å². The van der Waals surface area contributed by atoms with Gasteiger partial charge in [0.25, 0.3) is 0 Å². The Morgan fingerprint density at radius 1 is 1.14 bits per heavy atom. The molecule has 0 amide bonds. The molecule has 0 bridgehead atoms. The van der Waals surface area contributed by atoms with Gasteiger partial charge in [-0.2, -0.15) is 10.4 Å². The number of anilines is 1. The van der Waals surface area contributed by atoms with E-state index >= 15 is 0 Å². The van der Waals surface area contributed by atoms with Crippen LogP contribution in [0.15, 0.2) is 12.1 Å². The molecule has 0 spiro atoms. The molecule has 0 aliphatic carbocycles. The van der Waals surface area contributed by atoms with E-state index in [1.165, 1.54) is 0 Å². The highest BCUT2D eigenvalue weighted by molar-refractivity contribution is 5.56. The Balaban J connectivity index is 2.25. The highest BCUT2D eigenvalue weighted by Crippen LogP contribution is 2.24. The number of benzene rings is 1. The van der Waals surface area contributed by atoms with E-state index in [4.69, 9.17) is 0 Å². The molecule has 2 aromatic rings. The Hall–Kier alpha value is -2.61. The van der Waals surface area contributed by atoms with Crippen LogP contribution in [0.1, 0.15) is 33.5 Å². The predicted molar refractivity (Wildman–Crippen MR) is 81.1 cm³/mol. The lowest BCUT2D eigenvalue weighted by atomic mass is 10.1. The molecule has 0 aliphatic rings. The predicted octanol–water partition coefficient (Wildman–Crippen LogP) is 2.90. The lowest BCUT2D eigenvalue weighted by molar-refractivity contribution is 0.466. The molecule has 5 nitrogen and oxygen atoms in total. The quantitative estimate of drug-likeness (QED) is 0.904. The first kappa shape index (κ1) is 14.8. The zero-order valence-electron chi connectivity index (χ0n) is 12.7. The van der Waals surface area contributed by atoms with Crippen LogP contribution < -0.4 is 5.32 Å². The van der Waals surface area contributed by atoms with Gasteiger partial charge in [0.2, 0.25) is 0 Å². The van der Waals surface area contributed by atoms with Crippen molar-refractivity contribution in [3.05, 3.63) is 45.6 Å². The van der Waals surface area contributed by atoms with Gasteiger partial charge < -0.3 is 10.4 Å². The van der Waals surface area contributed by atoms with E-state index in [1.807, 2.05) is 39.8 Å². The van der Waals surface area contributed by atoms with Gasteiger partial charge >= 0.3 is 0 Å². The Morgan fingerprint density at radius 3 is 2.33 bits per heavy atom. The minimum absolute atomic E-state index is 0.322. The van der Waals surface area contributed by atoms with Crippen molar-refractivity contribution in [1.29, 1.82) is 5.26 Å². The van der Waals surface area contributed by atoms with E-state index in [0.29, 0.717) is 23.7 Å². The summed E-state index contributed by atoms with van der Waals surface area (Å²) in [6, 6.07) is 5.99. The Morgan fingerprint density at radius 2 is 1.76 bits per heavy atom. The number of nitrogens with one attached hydrogen (secondary N) is 1. The van der Waals surface area contributed by atoms with Crippen molar-refractivity contribution in [3.63, 3.8) is 0 Å². The fourth-order valence-corrected chi connectivity index (χ4v) is 2.20. The van der Waals surface area contributed by atoms with Gasteiger partial charge in [0.05, 0.1) is 5.69 Å². The standard InChI is InChI=1S/C16H18N4O/c1-9-5-13(6-10(2)15(9)21)8-18-16-14(7-17)11(3)12(4)19-20-16/h5-6,21H,8H2,1-4H3,(H,18,20). The number of hydrogen-bond acceptors (Lipinski definition) is 5. The number of rotatable bonds is 3. The zero-order valence-corrected chi connectivity index (χ0v) is 12.7. The summed E-state index contributed by atoms with van der Waals surface area (Å²) < 4.78 is 0. The monoisotopic (exact) mass is 282 g/mol. The molecule has 108 valence electrons. The summed E-state index contributed by atoms with van der Waals surface area (Å²) >= 11 is 0. The van der Waals surface area contributed by atoms with E-state index in [2.05, 4.69) is 21.6 Å². The van der Waals surface area contributed by atoms with E-state index < -0.39 is 0 Å². The average Bonchev–Trinajstić information content (AvgIpc) is 2.45. The molecule has 0 atom stereocenters. The number of phenolic OH excluding ortho intramolecular Hbond substituents is 1. The first-order chi connectivity index (χ1) is 9.93. The van der Waals surface area contributed by atoms with Crippen LogP contribution in [0, 0.1) is 39.0 Å². The smallest absolute Gasteiger partial charge is 0.167 e. The molecule has 0 aliphatic heterocycles. The minimum atomic E-state index is 0.322. The van der Waals surface area contributed by atoms with Crippen LogP contribution in [0.25, 0.3) is 0 Å². The lowest BCUT2D eigenvalue weighted by Crippen LogP contribution is -2.07. The Labute approximate surface area is 124 Å². The molecule has 0 saturated heterocycles. The van der Waals surface area contributed by atoms with Crippen LogP contribution in [-0.4, -0.2) is 15.3 Å². The number of phenols is 1. The van der Waals surface area contributed by atoms with Crippen LogP contribution in [0.4, 0.5) is 5.82 Å². The van der Waals surface area contributed by atoms with Crippen molar-refractivity contribution < 1.29 is 5.11 Å². The van der Waals surface area contributed by atoms with E-state index in [1.54, 1.807) is 0 Å². The van der Waals surface area contributed by atoms with Crippen molar-refractivity contribution >= 4 is 5.82 Å². The summed E-state index contributed by atoms with van der Waals surface area (Å²) in [6.07, 6.45) is 0. The summed E-state index contributed by atoms with van der Waals surface area (Å²) in [5, 5.41) is 30.3. The highest BCUT2D eigenvalue weighted by atomic mass is 16.3. The van der Waals surface area contributed by atoms with Gasteiger partial charge in [-0.05, 0) is 49.9 Å². The van der Waals surface area contributed by atoms with Crippen LogP contribution in [0.3, 0.4) is 0 Å². The second-order valence-electron chi connectivity index (χ2n) is 5.18. The average molecular weight is 282 g/mol. The van der Waals surface area contributed by atoms with Gasteiger partial charge in [-0.15, -0.1) is 5.10 Å². The molecular weight excluding hydrogens is 264 g/mol. The first-order valence-electron chi connectivity index (χ1n) is 6.71. The van der Waals surface area contributed by atoms with Crippen molar-refractivity contribution in [3.8, 4) is 11.8 Å². The zero-order chi connectivity index (χ0) is 15.6. The maximum absolute atomic E-state index is 9.78. The van der Waals surface area contributed by atoms with Crippen molar-refractivity contribution in [2.75, 3.05) is 5.32 Å². The molecule has 0 fully saturated rings. The summed E-state index contributed by atoms with van der Waals surface area (Å²) in [5.41, 5.74) is 4.81. The van der Waals surface area contributed by atoms with E-state index in [-0.39, 0.29) is 0 Å². The summed E-state index contributed by atoms with van der Waals surface area (Å²) in [5.74, 6) is 0.811. The number of aromatic hydroxyl groups is 1. The Kier molecular flexibility index (Phi) is 4.08. The van der Waals surface area contributed by atoms with Crippen LogP contribution in [0.2, 0.25) is 0 Å². The number of nitrogens with zero attached hydrogens (tertiary/aromatic N) is 3. The van der Waals surface area contributed by atoms with Crippen molar-refractivity contribution in [1.82, 2.24) is 10.2 Å². The fraction of sp³-hybridized carbons (Fsp3) is 0.312. The number of hydrogen-bond donors (Lipinski definition) is 2. The van der Waals surface area contributed by atoms with Crippen molar-refractivity contribution in [2.24, 2.45) is 0 Å². The first-order valence-corrected chi connectivity index (χ1v) is 6.71. The third-order valence-corrected chi connectivity index (χ3v) is 3.58. The van der Waals surface area contributed by atoms with Gasteiger partial charge in [-0.3, -0.25) is 0 Å². The minimum Gasteiger partial charge on any atom is -0.507 e. The van der Waals surface area contributed by atoms with Gasteiger partial charge in [-0.25, -0.2) is 0 Å². The normalized spacial score (nSPS) is 10.2. The summed E-state index contributed by atoms with van der Waals surface area (Å²) in [6.45, 7) is 7.95. The van der Waals surface area contributed by atoms with Gasteiger partial charge in [0.1, 0.15) is 17.4 Å². The Bertz CT molecular complexity index is 709. The second kappa shape index (κ2) is 5.80. The molecule has 1 aromatic heterocycles. The maximum Gasteiger partial charge on any atom is 0.167 e. The molecule has 1 heterocycles. The largest absolute Gasteiger partial charge is 0.507 e. The second-order valence-corrected chi connectivity index (χ2v) is 5.18. The molecule has 0 radical (unpaired) electrons. The summed E-state index contributed by atoms with van der Waals surface area (Å²) in [7, 11) is 0. The molecule has 2 rings (SSSR count). The highest BCUT2D eigenvalue weighted by Gasteiger charge is 2.11. The van der Waals surface area contributed by atoms with Crippen molar-refractivity contribution in [2.45, 2.75) is 34.2 Å². The van der Waals surface area contributed by atoms with E-state index in [0.717, 1.165) is 27.9 Å². The SMILES string of the molecule is Cc1cc(CNc2nnc(C)c(C)c2C#N)cc(C)c1O. The van der Waals surface area contributed by atoms with Gasteiger partial charge in [0.15, 0.2) is 5.82 Å². The number of nitriles is 1. The van der Waals surface area contributed by atoms with Gasteiger partial charge in [0, 0.05) is 6.54 Å². The molecule has 0 saturated carbocycles. The number of aromatic nitrogens is 2. The molecular formula is C16H18N4O. The molecule has 0 unspecified atom stereocenters. The topological polar surface area (TPSA) is 81.8 Å². The lowest BCUT2D eigenvalue weighted by Gasteiger charge is -2.11. The molecule has 21 heavy (non-hydrogen) atoms. The number of aryl methyl sites for hydroxylation is 3. The third kappa shape index (κ3) is 2.95. The van der Waals surface area contributed by atoms with Gasteiger partial charge in [-0.1, -0.05) is 12.1 Å².